The monoisotopic (exact) mass is 299 g/mol. The van der Waals surface area contributed by atoms with Gasteiger partial charge in [-0.3, -0.25) is 0 Å². The molecule has 1 nitrogen and oxygen atoms in total. The molecule has 1 unspecified atom stereocenters. The van der Waals surface area contributed by atoms with Gasteiger partial charge < -0.3 is 5.32 Å². The van der Waals surface area contributed by atoms with Crippen molar-refractivity contribution in [2.75, 3.05) is 25.1 Å². The maximum absolute atomic E-state index is 6.34. The first-order valence-electron chi connectivity index (χ1n) is 7.09. The van der Waals surface area contributed by atoms with E-state index in [2.05, 4.69) is 37.6 Å². The topological polar surface area (TPSA) is 12.0 Å². The summed E-state index contributed by atoms with van der Waals surface area (Å²) in [4.78, 5) is 0. The van der Waals surface area contributed by atoms with E-state index < -0.39 is 0 Å². The first-order valence-corrected chi connectivity index (χ1v) is 8.86. The molecule has 0 radical (unpaired) electrons. The third-order valence-corrected chi connectivity index (χ3v) is 4.23. The minimum absolute atomic E-state index is 0.527. The van der Waals surface area contributed by atoms with Gasteiger partial charge in [0.25, 0.3) is 0 Å². The lowest BCUT2D eigenvalue weighted by molar-refractivity contribution is 0.498. The van der Waals surface area contributed by atoms with Crippen molar-refractivity contribution in [2.45, 2.75) is 32.6 Å². The predicted octanol–water partition coefficient (Wildman–Crippen LogP) is 4.81. The maximum atomic E-state index is 6.34. The highest BCUT2D eigenvalue weighted by Crippen LogP contribution is 2.28. The lowest BCUT2D eigenvalue weighted by Crippen LogP contribution is -2.25. The molecule has 0 aliphatic rings. The Balaban J connectivity index is 2.60. The van der Waals surface area contributed by atoms with Gasteiger partial charge in [0, 0.05) is 11.6 Å². The standard InChI is InChI=1S/C16H26ClNS/c1-13(2)11-18-12-14(7-6-10-19-3)15-8-4-5-9-16(15)17/h4-5,8-9,13-14,18H,6-7,10-12H2,1-3H3. The maximum Gasteiger partial charge on any atom is 0.0441 e. The van der Waals surface area contributed by atoms with E-state index in [1.54, 1.807) is 0 Å². The van der Waals surface area contributed by atoms with E-state index >= 15 is 0 Å². The molecular weight excluding hydrogens is 274 g/mol. The molecule has 1 aromatic rings. The van der Waals surface area contributed by atoms with Crippen LogP contribution in [0.3, 0.4) is 0 Å². The Labute approximate surface area is 127 Å². The van der Waals surface area contributed by atoms with Gasteiger partial charge in [-0.1, -0.05) is 43.6 Å². The van der Waals surface area contributed by atoms with Crippen molar-refractivity contribution in [2.24, 2.45) is 5.92 Å². The second kappa shape index (κ2) is 9.68. The molecule has 0 aliphatic carbocycles. The van der Waals surface area contributed by atoms with E-state index in [1.807, 2.05) is 23.9 Å². The zero-order valence-electron chi connectivity index (χ0n) is 12.3. The minimum Gasteiger partial charge on any atom is -0.316 e. The van der Waals surface area contributed by atoms with Crippen molar-refractivity contribution >= 4 is 23.4 Å². The Morgan fingerprint density at radius 2 is 1.95 bits per heavy atom. The molecule has 0 bridgehead atoms. The van der Waals surface area contributed by atoms with Crippen molar-refractivity contribution in [3.8, 4) is 0 Å². The quantitative estimate of drug-likeness (QED) is 0.657. The van der Waals surface area contributed by atoms with E-state index in [9.17, 15) is 0 Å². The molecule has 108 valence electrons. The Bertz CT molecular complexity index is 354. The average Bonchev–Trinajstić information content (AvgIpc) is 2.37. The Morgan fingerprint density at radius 1 is 1.21 bits per heavy atom. The first kappa shape index (κ1) is 16.9. The van der Waals surface area contributed by atoms with Gasteiger partial charge in [0.2, 0.25) is 0 Å². The van der Waals surface area contributed by atoms with Crippen molar-refractivity contribution < 1.29 is 0 Å². The zero-order valence-corrected chi connectivity index (χ0v) is 13.9. The molecule has 0 aromatic heterocycles. The molecule has 1 N–H and O–H groups in total. The van der Waals surface area contributed by atoms with E-state index in [4.69, 9.17) is 11.6 Å². The second-order valence-electron chi connectivity index (χ2n) is 5.41. The summed E-state index contributed by atoms with van der Waals surface area (Å²) in [6.45, 7) is 6.58. The molecular formula is C16H26ClNS. The summed E-state index contributed by atoms with van der Waals surface area (Å²) in [6, 6.07) is 8.27. The summed E-state index contributed by atoms with van der Waals surface area (Å²) in [5.41, 5.74) is 1.29. The largest absolute Gasteiger partial charge is 0.316 e. The van der Waals surface area contributed by atoms with E-state index in [-0.39, 0.29) is 0 Å². The SMILES string of the molecule is CSCCCC(CNCC(C)C)c1ccccc1Cl. The van der Waals surface area contributed by atoms with Crippen LogP contribution in [0.2, 0.25) is 5.02 Å². The van der Waals surface area contributed by atoms with Gasteiger partial charge in [-0.2, -0.15) is 11.8 Å². The van der Waals surface area contributed by atoms with Gasteiger partial charge in [0.1, 0.15) is 0 Å². The molecule has 3 heteroatoms. The summed E-state index contributed by atoms with van der Waals surface area (Å²) in [5.74, 6) is 2.45. The number of hydrogen-bond donors (Lipinski definition) is 1. The summed E-state index contributed by atoms with van der Waals surface area (Å²) in [7, 11) is 0. The van der Waals surface area contributed by atoms with E-state index in [0.717, 1.165) is 18.1 Å². The van der Waals surface area contributed by atoms with Gasteiger partial charge in [0.05, 0.1) is 0 Å². The lowest BCUT2D eigenvalue weighted by Gasteiger charge is -2.20. The summed E-state index contributed by atoms with van der Waals surface area (Å²) >= 11 is 8.26. The third kappa shape index (κ3) is 6.69. The Hall–Kier alpha value is -0.180. The van der Waals surface area contributed by atoms with Crippen molar-refractivity contribution in [3.63, 3.8) is 0 Å². The molecule has 1 rings (SSSR count). The van der Waals surface area contributed by atoms with Crippen LogP contribution in [-0.4, -0.2) is 25.1 Å². The number of thioether (sulfide) groups is 1. The van der Waals surface area contributed by atoms with Crippen LogP contribution < -0.4 is 5.32 Å². The fourth-order valence-electron chi connectivity index (χ4n) is 2.19. The van der Waals surface area contributed by atoms with Crippen LogP contribution in [0, 0.1) is 5.92 Å². The van der Waals surface area contributed by atoms with E-state index in [1.165, 1.54) is 24.2 Å². The van der Waals surface area contributed by atoms with E-state index in [0.29, 0.717) is 11.8 Å². The van der Waals surface area contributed by atoms with Crippen molar-refractivity contribution in [1.29, 1.82) is 0 Å². The van der Waals surface area contributed by atoms with Gasteiger partial charge in [-0.15, -0.1) is 0 Å². The summed E-state index contributed by atoms with van der Waals surface area (Å²) in [5, 5.41) is 4.48. The highest BCUT2D eigenvalue weighted by Gasteiger charge is 2.14. The summed E-state index contributed by atoms with van der Waals surface area (Å²) < 4.78 is 0. The fourth-order valence-corrected chi connectivity index (χ4v) is 2.94. The normalized spacial score (nSPS) is 12.9. The third-order valence-electron chi connectivity index (χ3n) is 3.19. The molecule has 0 fully saturated rings. The predicted molar refractivity (Wildman–Crippen MR) is 89.5 cm³/mol. The molecule has 0 spiro atoms. The first-order chi connectivity index (χ1) is 9.15. The molecule has 0 saturated heterocycles. The molecule has 0 saturated carbocycles. The van der Waals surface area contributed by atoms with Crippen LogP contribution >= 0.6 is 23.4 Å². The fraction of sp³-hybridized carbons (Fsp3) is 0.625. The average molecular weight is 300 g/mol. The van der Waals surface area contributed by atoms with Crippen LogP contribution in [0.25, 0.3) is 0 Å². The van der Waals surface area contributed by atoms with Gasteiger partial charge >= 0.3 is 0 Å². The highest BCUT2D eigenvalue weighted by molar-refractivity contribution is 7.98. The van der Waals surface area contributed by atoms with Crippen LogP contribution in [0.1, 0.15) is 38.2 Å². The number of hydrogen-bond acceptors (Lipinski definition) is 2. The molecule has 0 amide bonds. The van der Waals surface area contributed by atoms with Gasteiger partial charge in [-0.05, 0) is 54.9 Å². The van der Waals surface area contributed by atoms with Crippen molar-refractivity contribution in [1.82, 2.24) is 5.32 Å². The van der Waals surface area contributed by atoms with Crippen molar-refractivity contribution in [3.05, 3.63) is 34.9 Å². The van der Waals surface area contributed by atoms with Crippen LogP contribution in [0.4, 0.5) is 0 Å². The number of nitrogens with one attached hydrogen (secondary N) is 1. The molecule has 0 heterocycles. The summed E-state index contributed by atoms with van der Waals surface area (Å²) in [6.07, 6.45) is 4.62. The second-order valence-corrected chi connectivity index (χ2v) is 6.80. The lowest BCUT2D eigenvalue weighted by atomic mass is 9.94. The molecule has 19 heavy (non-hydrogen) atoms. The Kier molecular flexibility index (Phi) is 8.60. The molecule has 1 aromatic carbocycles. The molecule has 1 atom stereocenters. The number of rotatable bonds is 9. The minimum atomic E-state index is 0.527. The highest BCUT2D eigenvalue weighted by atomic mass is 35.5. The van der Waals surface area contributed by atoms with Gasteiger partial charge in [-0.25, -0.2) is 0 Å². The van der Waals surface area contributed by atoms with Gasteiger partial charge in [0.15, 0.2) is 0 Å². The zero-order chi connectivity index (χ0) is 14.1. The number of halogens is 1. The van der Waals surface area contributed by atoms with Crippen LogP contribution in [-0.2, 0) is 0 Å². The Morgan fingerprint density at radius 3 is 2.58 bits per heavy atom. The number of benzene rings is 1. The molecule has 0 aliphatic heterocycles. The van der Waals surface area contributed by atoms with Crippen LogP contribution in [0.15, 0.2) is 24.3 Å². The smallest absolute Gasteiger partial charge is 0.0441 e. The van der Waals surface area contributed by atoms with Crippen LogP contribution in [0.5, 0.6) is 0 Å².